The van der Waals surface area contributed by atoms with Crippen LogP contribution in [0.2, 0.25) is 10.0 Å². The molecule has 1 amide bonds. The van der Waals surface area contributed by atoms with Crippen molar-refractivity contribution in [1.82, 2.24) is 5.32 Å². The van der Waals surface area contributed by atoms with E-state index in [1.807, 2.05) is 0 Å². The molecule has 0 spiro atoms. The van der Waals surface area contributed by atoms with Crippen LogP contribution in [0.1, 0.15) is 28.8 Å². The Balaban J connectivity index is 1.90. The fraction of sp³-hybridized carbons (Fsp3) is 0.263. The molecule has 1 fully saturated rings. The molecular weight excluding hydrogens is 359 g/mol. The van der Waals surface area contributed by atoms with Gasteiger partial charge in [0.1, 0.15) is 0 Å². The number of rotatable bonds is 6. The van der Waals surface area contributed by atoms with E-state index in [4.69, 9.17) is 23.2 Å². The zero-order valence-electron chi connectivity index (χ0n) is 13.8. The number of benzene rings is 2. The van der Waals surface area contributed by atoms with E-state index >= 15 is 0 Å². The number of halogens is 2. The Morgan fingerprint density at radius 3 is 2.52 bits per heavy atom. The lowest BCUT2D eigenvalue weighted by atomic mass is 10.0. The van der Waals surface area contributed by atoms with Crippen LogP contribution in [0.5, 0.6) is 0 Å². The lowest BCUT2D eigenvalue weighted by Gasteiger charge is -2.21. The van der Waals surface area contributed by atoms with Crippen LogP contribution >= 0.6 is 23.2 Å². The maximum atomic E-state index is 12.9. The number of hydrogen-bond donors (Lipinski definition) is 1. The van der Waals surface area contributed by atoms with Gasteiger partial charge in [0.15, 0.2) is 5.78 Å². The predicted molar refractivity (Wildman–Crippen MR) is 101 cm³/mol. The number of hydrogen-bond acceptors (Lipinski definition) is 3. The number of anilines is 1. The summed E-state index contributed by atoms with van der Waals surface area (Å²) in [4.78, 5) is 26.9. The first-order valence-electron chi connectivity index (χ1n) is 8.06. The van der Waals surface area contributed by atoms with Crippen LogP contribution in [0.15, 0.2) is 42.5 Å². The Morgan fingerprint density at radius 2 is 1.84 bits per heavy atom. The zero-order valence-corrected chi connectivity index (χ0v) is 15.3. The lowest BCUT2D eigenvalue weighted by Crippen LogP contribution is -2.37. The molecule has 0 saturated heterocycles. The fourth-order valence-corrected chi connectivity index (χ4v) is 2.94. The van der Waals surface area contributed by atoms with Gasteiger partial charge < -0.3 is 10.2 Å². The molecule has 4 nitrogen and oxygen atoms in total. The summed E-state index contributed by atoms with van der Waals surface area (Å²) in [6.45, 7) is 0.240. The molecule has 25 heavy (non-hydrogen) atoms. The highest BCUT2D eigenvalue weighted by Crippen LogP contribution is 2.28. The van der Waals surface area contributed by atoms with Crippen molar-refractivity contribution < 1.29 is 9.59 Å². The van der Waals surface area contributed by atoms with E-state index < -0.39 is 0 Å². The maximum absolute atomic E-state index is 12.9. The van der Waals surface area contributed by atoms with Crippen LogP contribution in [0.25, 0.3) is 0 Å². The Morgan fingerprint density at radius 1 is 1.12 bits per heavy atom. The van der Waals surface area contributed by atoms with Crippen molar-refractivity contribution in [2.24, 2.45) is 0 Å². The first kappa shape index (κ1) is 17.9. The molecule has 2 aromatic rings. The second kappa shape index (κ2) is 7.56. The molecular formula is C19H18Cl2N2O2. The number of carbonyl (C=O) groups is 2. The molecule has 3 rings (SSSR count). The molecule has 2 aromatic carbocycles. The quantitative estimate of drug-likeness (QED) is 0.776. The van der Waals surface area contributed by atoms with Gasteiger partial charge in [0.2, 0.25) is 5.91 Å². The van der Waals surface area contributed by atoms with Gasteiger partial charge in [-0.25, -0.2) is 0 Å². The minimum atomic E-state index is -0.266. The van der Waals surface area contributed by atoms with Gasteiger partial charge in [0.25, 0.3) is 0 Å². The van der Waals surface area contributed by atoms with Crippen molar-refractivity contribution >= 4 is 40.6 Å². The maximum Gasteiger partial charge on any atom is 0.240 e. The highest BCUT2D eigenvalue weighted by molar-refractivity contribution is 6.36. The molecule has 0 aliphatic heterocycles. The van der Waals surface area contributed by atoms with Gasteiger partial charge >= 0.3 is 0 Å². The lowest BCUT2D eigenvalue weighted by molar-refractivity contribution is -0.117. The third kappa shape index (κ3) is 4.21. The van der Waals surface area contributed by atoms with Crippen molar-refractivity contribution in [3.8, 4) is 0 Å². The monoisotopic (exact) mass is 376 g/mol. The SMILES string of the molecule is CN(C(=O)CNC1CC1)c1ccc(Cl)cc1C(=O)c1ccccc1Cl. The zero-order chi connectivity index (χ0) is 18.0. The normalized spacial score (nSPS) is 13.6. The molecule has 6 heteroatoms. The number of nitrogens with one attached hydrogen (secondary N) is 1. The molecule has 130 valence electrons. The van der Waals surface area contributed by atoms with Crippen LogP contribution < -0.4 is 10.2 Å². The summed E-state index contributed by atoms with van der Waals surface area (Å²) in [6, 6.07) is 12.2. The Bertz CT molecular complexity index is 819. The Labute approximate surface area is 156 Å². The van der Waals surface area contributed by atoms with Gasteiger partial charge in [-0.1, -0.05) is 35.3 Å². The van der Waals surface area contributed by atoms with Gasteiger partial charge in [-0.2, -0.15) is 0 Å². The number of amides is 1. The van der Waals surface area contributed by atoms with Crippen molar-refractivity contribution in [1.29, 1.82) is 0 Å². The minimum Gasteiger partial charge on any atom is -0.314 e. The molecule has 0 unspecified atom stereocenters. The summed E-state index contributed by atoms with van der Waals surface area (Å²) < 4.78 is 0. The van der Waals surface area contributed by atoms with Crippen LogP contribution in [0, 0.1) is 0 Å². The first-order chi connectivity index (χ1) is 12.0. The molecule has 1 saturated carbocycles. The average molecular weight is 377 g/mol. The Kier molecular flexibility index (Phi) is 5.42. The third-order valence-corrected chi connectivity index (χ3v) is 4.74. The molecule has 1 aliphatic rings. The van der Waals surface area contributed by atoms with Gasteiger partial charge in [0, 0.05) is 29.2 Å². The van der Waals surface area contributed by atoms with E-state index in [1.165, 1.54) is 4.90 Å². The summed E-state index contributed by atoms with van der Waals surface area (Å²) in [7, 11) is 1.66. The van der Waals surface area contributed by atoms with E-state index in [2.05, 4.69) is 5.32 Å². The van der Waals surface area contributed by atoms with Crippen LogP contribution in [-0.2, 0) is 4.79 Å². The van der Waals surface area contributed by atoms with Crippen LogP contribution in [0.4, 0.5) is 5.69 Å². The highest BCUT2D eigenvalue weighted by atomic mass is 35.5. The van der Waals surface area contributed by atoms with Gasteiger partial charge in [-0.3, -0.25) is 9.59 Å². The van der Waals surface area contributed by atoms with Gasteiger partial charge in [-0.15, -0.1) is 0 Å². The number of carbonyl (C=O) groups excluding carboxylic acids is 2. The summed E-state index contributed by atoms with van der Waals surface area (Å²) in [5.41, 5.74) is 1.24. The predicted octanol–water partition coefficient (Wildman–Crippen LogP) is 3.94. The molecule has 0 bridgehead atoms. The van der Waals surface area contributed by atoms with E-state index in [-0.39, 0.29) is 18.2 Å². The van der Waals surface area contributed by atoms with E-state index in [0.29, 0.717) is 32.9 Å². The average Bonchev–Trinajstić information content (AvgIpc) is 3.43. The van der Waals surface area contributed by atoms with Gasteiger partial charge in [0.05, 0.1) is 17.3 Å². The smallest absolute Gasteiger partial charge is 0.240 e. The van der Waals surface area contributed by atoms with Crippen molar-refractivity contribution in [2.75, 3.05) is 18.5 Å². The standard InChI is InChI=1S/C19H18Cl2N2O2/c1-23(18(24)11-22-13-7-8-13)17-9-6-12(20)10-15(17)19(25)14-4-2-3-5-16(14)21/h2-6,9-10,13,22H,7-8,11H2,1H3. The fourth-order valence-electron chi connectivity index (χ4n) is 2.55. The summed E-state index contributed by atoms with van der Waals surface area (Å²) in [5.74, 6) is -0.375. The summed E-state index contributed by atoms with van der Waals surface area (Å²) in [5, 5.41) is 3.98. The number of likely N-dealkylation sites (N-methyl/N-ethyl adjacent to an activating group) is 1. The first-order valence-corrected chi connectivity index (χ1v) is 8.81. The Hall–Kier alpha value is -1.88. The second-order valence-electron chi connectivity index (χ2n) is 6.08. The summed E-state index contributed by atoms with van der Waals surface area (Å²) in [6.07, 6.45) is 2.21. The van der Waals surface area contributed by atoms with E-state index in [0.717, 1.165) is 12.8 Å². The topological polar surface area (TPSA) is 49.4 Å². The van der Waals surface area contributed by atoms with Crippen molar-refractivity contribution in [3.63, 3.8) is 0 Å². The molecule has 0 heterocycles. The van der Waals surface area contributed by atoms with Crippen molar-refractivity contribution in [3.05, 3.63) is 63.6 Å². The van der Waals surface area contributed by atoms with Crippen LogP contribution in [-0.4, -0.2) is 31.3 Å². The van der Waals surface area contributed by atoms with E-state index in [1.54, 1.807) is 49.5 Å². The largest absolute Gasteiger partial charge is 0.314 e. The molecule has 0 radical (unpaired) electrons. The minimum absolute atomic E-state index is 0.109. The van der Waals surface area contributed by atoms with Gasteiger partial charge in [-0.05, 0) is 43.2 Å². The molecule has 0 atom stereocenters. The number of ketones is 1. The molecule has 1 aliphatic carbocycles. The summed E-state index contributed by atoms with van der Waals surface area (Å²) >= 11 is 12.2. The highest BCUT2D eigenvalue weighted by Gasteiger charge is 2.24. The van der Waals surface area contributed by atoms with E-state index in [9.17, 15) is 9.59 Å². The molecule has 0 aromatic heterocycles. The third-order valence-electron chi connectivity index (χ3n) is 4.18. The molecule has 1 N–H and O–H groups in total. The van der Waals surface area contributed by atoms with Crippen molar-refractivity contribution in [2.45, 2.75) is 18.9 Å². The van der Waals surface area contributed by atoms with Crippen LogP contribution in [0.3, 0.4) is 0 Å². The second-order valence-corrected chi connectivity index (χ2v) is 6.92. The number of nitrogens with zero attached hydrogens (tertiary/aromatic N) is 1.